The highest BCUT2D eigenvalue weighted by atomic mass is 127. The Balaban J connectivity index is 0.00000400. The lowest BCUT2D eigenvalue weighted by atomic mass is 10.4. The van der Waals surface area contributed by atoms with Gasteiger partial charge in [-0.25, -0.2) is 4.99 Å². The van der Waals surface area contributed by atoms with Gasteiger partial charge in [-0.2, -0.15) is 0 Å². The fourth-order valence-corrected chi connectivity index (χ4v) is 1.54. The standard InChI is InChI=1S/C14H24N4O2.HI/c1-5-8-15-14(16-10-13(19)17(2)3)18(4)11-12-7-6-9-20-12;/h6-7,9H,5,8,10-11H2,1-4H3,(H,15,16);1H. The molecule has 0 fully saturated rings. The third kappa shape index (κ3) is 7.35. The number of likely N-dealkylation sites (N-methyl/N-ethyl adjacent to an activating group) is 1. The Kier molecular flexibility index (Phi) is 9.85. The van der Waals surface area contributed by atoms with Crippen molar-refractivity contribution in [2.24, 2.45) is 4.99 Å². The van der Waals surface area contributed by atoms with Gasteiger partial charge in [0.25, 0.3) is 0 Å². The van der Waals surface area contributed by atoms with E-state index in [2.05, 4.69) is 17.2 Å². The van der Waals surface area contributed by atoms with Crippen molar-refractivity contribution in [1.29, 1.82) is 0 Å². The van der Waals surface area contributed by atoms with Gasteiger partial charge < -0.3 is 19.5 Å². The zero-order valence-corrected chi connectivity index (χ0v) is 15.5. The first-order valence-corrected chi connectivity index (χ1v) is 6.76. The average molecular weight is 408 g/mol. The van der Waals surface area contributed by atoms with Gasteiger partial charge in [0.05, 0.1) is 12.8 Å². The van der Waals surface area contributed by atoms with Gasteiger partial charge in [-0.15, -0.1) is 24.0 Å². The molecule has 1 aromatic rings. The van der Waals surface area contributed by atoms with Crippen molar-refractivity contribution in [2.45, 2.75) is 19.9 Å². The maximum atomic E-state index is 11.6. The van der Waals surface area contributed by atoms with Crippen LogP contribution in [0.15, 0.2) is 27.8 Å². The van der Waals surface area contributed by atoms with Gasteiger partial charge in [0.2, 0.25) is 5.91 Å². The van der Waals surface area contributed by atoms with Crippen LogP contribution in [0.25, 0.3) is 0 Å². The van der Waals surface area contributed by atoms with E-state index in [0.717, 1.165) is 18.7 Å². The van der Waals surface area contributed by atoms with Crippen LogP contribution in [-0.2, 0) is 11.3 Å². The molecule has 0 spiro atoms. The highest BCUT2D eigenvalue weighted by Crippen LogP contribution is 2.04. The van der Waals surface area contributed by atoms with Crippen LogP contribution in [0, 0.1) is 0 Å². The zero-order chi connectivity index (χ0) is 15.0. The molecule has 0 atom stereocenters. The Morgan fingerprint density at radius 1 is 1.38 bits per heavy atom. The summed E-state index contributed by atoms with van der Waals surface area (Å²) in [5, 5.41) is 3.24. The second kappa shape index (κ2) is 10.5. The van der Waals surface area contributed by atoms with Crippen molar-refractivity contribution in [3.05, 3.63) is 24.2 Å². The third-order valence-electron chi connectivity index (χ3n) is 2.73. The number of carbonyl (C=O) groups is 1. The number of hydrogen-bond donors (Lipinski definition) is 1. The van der Waals surface area contributed by atoms with E-state index in [1.165, 1.54) is 4.90 Å². The summed E-state index contributed by atoms with van der Waals surface area (Å²) in [6.07, 6.45) is 2.64. The molecule has 0 aromatic carbocycles. The second-order valence-electron chi connectivity index (χ2n) is 4.79. The van der Waals surface area contributed by atoms with Crippen LogP contribution >= 0.6 is 24.0 Å². The summed E-state index contributed by atoms with van der Waals surface area (Å²) in [6, 6.07) is 3.77. The van der Waals surface area contributed by atoms with E-state index in [-0.39, 0.29) is 36.4 Å². The summed E-state index contributed by atoms with van der Waals surface area (Å²) in [7, 11) is 5.37. The Hall–Kier alpha value is -1.25. The molecule has 1 aromatic heterocycles. The quantitative estimate of drug-likeness (QED) is 0.443. The largest absolute Gasteiger partial charge is 0.467 e. The molecule has 120 valence electrons. The van der Waals surface area contributed by atoms with Gasteiger partial charge in [0.15, 0.2) is 5.96 Å². The van der Waals surface area contributed by atoms with E-state index in [1.54, 1.807) is 20.4 Å². The maximum absolute atomic E-state index is 11.6. The lowest BCUT2D eigenvalue weighted by molar-refractivity contribution is -0.127. The lowest BCUT2D eigenvalue weighted by Crippen LogP contribution is -2.39. The van der Waals surface area contributed by atoms with Crippen molar-refractivity contribution in [1.82, 2.24) is 15.1 Å². The van der Waals surface area contributed by atoms with Crippen molar-refractivity contribution in [3.63, 3.8) is 0 Å². The van der Waals surface area contributed by atoms with E-state index in [4.69, 9.17) is 4.42 Å². The Labute approximate surface area is 143 Å². The number of carbonyl (C=O) groups excluding carboxylic acids is 1. The van der Waals surface area contributed by atoms with Crippen molar-refractivity contribution in [2.75, 3.05) is 34.2 Å². The first-order valence-electron chi connectivity index (χ1n) is 6.76. The lowest BCUT2D eigenvalue weighted by Gasteiger charge is -2.21. The van der Waals surface area contributed by atoms with E-state index in [1.807, 2.05) is 24.1 Å². The van der Waals surface area contributed by atoms with Gasteiger partial charge in [-0.3, -0.25) is 4.79 Å². The summed E-state index contributed by atoms with van der Waals surface area (Å²) in [4.78, 5) is 19.5. The predicted octanol–water partition coefficient (Wildman–Crippen LogP) is 1.77. The first kappa shape index (κ1) is 19.8. The minimum Gasteiger partial charge on any atom is -0.467 e. The molecule has 1 heterocycles. The number of amides is 1. The molecule has 0 saturated heterocycles. The third-order valence-corrected chi connectivity index (χ3v) is 2.73. The van der Waals surface area contributed by atoms with Crippen LogP contribution in [0.1, 0.15) is 19.1 Å². The van der Waals surface area contributed by atoms with E-state index in [0.29, 0.717) is 12.5 Å². The summed E-state index contributed by atoms with van der Waals surface area (Å²) in [5.41, 5.74) is 0. The molecule has 0 aliphatic carbocycles. The second-order valence-corrected chi connectivity index (χ2v) is 4.79. The van der Waals surface area contributed by atoms with E-state index < -0.39 is 0 Å². The molecule has 21 heavy (non-hydrogen) atoms. The Morgan fingerprint density at radius 3 is 2.62 bits per heavy atom. The minimum absolute atomic E-state index is 0. The number of guanidine groups is 1. The van der Waals surface area contributed by atoms with Crippen LogP contribution in [0.3, 0.4) is 0 Å². The van der Waals surface area contributed by atoms with Crippen LogP contribution < -0.4 is 5.32 Å². The molecule has 0 radical (unpaired) electrons. The molecule has 0 aliphatic rings. The Morgan fingerprint density at radius 2 is 2.10 bits per heavy atom. The zero-order valence-electron chi connectivity index (χ0n) is 13.1. The maximum Gasteiger partial charge on any atom is 0.243 e. The summed E-state index contributed by atoms with van der Waals surface area (Å²) >= 11 is 0. The molecule has 7 heteroatoms. The average Bonchev–Trinajstić information content (AvgIpc) is 2.91. The monoisotopic (exact) mass is 408 g/mol. The van der Waals surface area contributed by atoms with Crippen molar-refractivity contribution in [3.8, 4) is 0 Å². The van der Waals surface area contributed by atoms with Gasteiger partial charge in [0.1, 0.15) is 12.3 Å². The number of aliphatic imine (C=N–C) groups is 1. The van der Waals surface area contributed by atoms with Gasteiger partial charge in [-0.05, 0) is 18.6 Å². The van der Waals surface area contributed by atoms with Crippen LogP contribution in [0.5, 0.6) is 0 Å². The summed E-state index contributed by atoms with van der Waals surface area (Å²) < 4.78 is 5.32. The molecule has 0 saturated carbocycles. The fourth-order valence-electron chi connectivity index (χ4n) is 1.54. The van der Waals surface area contributed by atoms with Gasteiger partial charge >= 0.3 is 0 Å². The number of hydrogen-bond acceptors (Lipinski definition) is 3. The minimum atomic E-state index is -0.0211. The van der Waals surface area contributed by atoms with Crippen LogP contribution in [-0.4, -0.2) is 55.9 Å². The van der Waals surface area contributed by atoms with Gasteiger partial charge in [0, 0.05) is 27.7 Å². The van der Waals surface area contributed by atoms with Crippen LogP contribution in [0.2, 0.25) is 0 Å². The number of nitrogens with zero attached hydrogens (tertiary/aromatic N) is 3. The van der Waals surface area contributed by atoms with Crippen molar-refractivity contribution < 1.29 is 9.21 Å². The fraction of sp³-hybridized carbons (Fsp3) is 0.571. The van der Waals surface area contributed by atoms with Crippen molar-refractivity contribution >= 4 is 35.8 Å². The molecular weight excluding hydrogens is 383 g/mol. The highest BCUT2D eigenvalue weighted by Gasteiger charge is 2.10. The number of rotatable bonds is 6. The van der Waals surface area contributed by atoms with E-state index in [9.17, 15) is 4.79 Å². The highest BCUT2D eigenvalue weighted by molar-refractivity contribution is 14.0. The molecule has 0 unspecified atom stereocenters. The number of nitrogens with one attached hydrogen (secondary N) is 1. The molecule has 0 aliphatic heterocycles. The summed E-state index contributed by atoms with van der Waals surface area (Å²) in [6.45, 7) is 3.65. The molecule has 1 rings (SSSR count). The molecule has 0 bridgehead atoms. The number of furan rings is 1. The molecule has 6 nitrogen and oxygen atoms in total. The predicted molar refractivity (Wildman–Crippen MR) is 94.9 cm³/mol. The summed E-state index contributed by atoms with van der Waals surface area (Å²) in [5.74, 6) is 1.54. The smallest absolute Gasteiger partial charge is 0.243 e. The molecular formula is C14H25IN4O2. The normalized spacial score (nSPS) is 10.8. The first-order chi connectivity index (χ1) is 9.54. The topological polar surface area (TPSA) is 61.1 Å². The van der Waals surface area contributed by atoms with E-state index >= 15 is 0 Å². The Bertz CT molecular complexity index is 432. The van der Waals surface area contributed by atoms with Crippen LogP contribution in [0.4, 0.5) is 0 Å². The molecule has 1 N–H and O–H groups in total. The van der Waals surface area contributed by atoms with Gasteiger partial charge in [-0.1, -0.05) is 6.92 Å². The SMILES string of the molecule is CCCNC(=NCC(=O)N(C)C)N(C)Cc1ccco1.I. The number of halogens is 1. The molecule has 1 amide bonds.